The zero-order valence-electron chi connectivity index (χ0n) is 14.1. The van der Waals surface area contributed by atoms with E-state index in [1.165, 1.54) is 22.9 Å². The van der Waals surface area contributed by atoms with Crippen LogP contribution in [0.3, 0.4) is 0 Å². The average molecular weight is 389 g/mol. The molecular formula is C17H16FN5O3S. The lowest BCUT2D eigenvalue weighted by molar-refractivity contribution is -0.115. The summed E-state index contributed by atoms with van der Waals surface area (Å²) in [5.74, 6) is -1.85. The van der Waals surface area contributed by atoms with E-state index < -0.39 is 33.1 Å². The van der Waals surface area contributed by atoms with Crippen molar-refractivity contribution in [1.29, 1.82) is 0 Å². The van der Waals surface area contributed by atoms with E-state index in [0.717, 1.165) is 0 Å². The van der Waals surface area contributed by atoms with Crippen molar-refractivity contribution in [3.8, 4) is 5.69 Å². The van der Waals surface area contributed by atoms with Gasteiger partial charge in [-0.2, -0.15) is 4.68 Å². The molecule has 0 saturated heterocycles. The topological polar surface area (TPSA) is 107 Å². The summed E-state index contributed by atoms with van der Waals surface area (Å²) < 4.78 is 39.5. The van der Waals surface area contributed by atoms with Gasteiger partial charge in [0.15, 0.2) is 15.7 Å². The fourth-order valence-corrected chi connectivity index (χ4v) is 3.57. The van der Waals surface area contributed by atoms with Crippen molar-refractivity contribution in [2.75, 3.05) is 11.1 Å². The molecule has 27 heavy (non-hydrogen) atoms. The van der Waals surface area contributed by atoms with Gasteiger partial charge in [0.05, 0.1) is 17.1 Å². The summed E-state index contributed by atoms with van der Waals surface area (Å²) in [6.07, 6.45) is -0.302. The molecule has 3 aromatic rings. The molecule has 3 rings (SSSR count). The lowest BCUT2D eigenvalue weighted by atomic mass is 10.3. The van der Waals surface area contributed by atoms with Gasteiger partial charge in [0.25, 0.3) is 0 Å². The van der Waals surface area contributed by atoms with Crippen LogP contribution < -0.4 is 5.32 Å². The summed E-state index contributed by atoms with van der Waals surface area (Å²) in [7, 11) is -3.65. The van der Waals surface area contributed by atoms with Gasteiger partial charge in [0, 0.05) is 6.42 Å². The van der Waals surface area contributed by atoms with E-state index in [9.17, 15) is 17.6 Å². The Morgan fingerprint density at radius 3 is 2.52 bits per heavy atom. The number of para-hydroxylation sites is 2. The van der Waals surface area contributed by atoms with E-state index in [-0.39, 0.29) is 17.9 Å². The van der Waals surface area contributed by atoms with Crippen LogP contribution in [0.5, 0.6) is 0 Å². The molecule has 0 radical (unpaired) electrons. The van der Waals surface area contributed by atoms with Crippen molar-refractivity contribution in [3.63, 3.8) is 0 Å². The Hall–Kier alpha value is -3.14. The molecule has 10 heteroatoms. The summed E-state index contributed by atoms with van der Waals surface area (Å²) >= 11 is 0. The van der Waals surface area contributed by atoms with Crippen LogP contribution in [0, 0.1) is 5.82 Å². The predicted molar refractivity (Wildman–Crippen MR) is 96.3 cm³/mol. The summed E-state index contributed by atoms with van der Waals surface area (Å²) in [5, 5.41) is 13.4. The smallest absolute Gasteiger partial charge is 0.225 e. The Morgan fingerprint density at radius 2 is 1.78 bits per heavy atom. The first-order chi connectivity index (χ1) is 12.9. The van der Waals surface area contributed by atoms with Gasteiger partial charge in [0.2, 0.25) is 5.91 Å². The van der Waals surface area contributed by atoms with Crippen LogP contribution in [0.1, 0.15) is 12.2 Å². The third kappa shape index (κ3) is 4.94. The normalized spacial score (nSPS) is 11.3. The molecule has 1 N–H and O–H groups in total. The average Bonchev–Trinajstić information content (AvgIpc) is 3.10. The maximum Gasteiger partial charge on any atom is 0.225 e. The molecular weight excluding hydrogens is 373 g/mol. The highest BCUT2D eigenvalue weighted by Gasteiger charge is 2.20. The number of hydrogen-bond donors (Lipinski definition) is 1. The van der Waals surface area contributed by atoms with Gasteiger partial charge >= 0.3 is 0 Å². The molecule has 0 spiro atoms. The number of aromatic nitrogens is 4. The quantitative estimate of drug-likeness (QED) is 0.660. The van der Waals surface area contributed by atoms with Gasteiger partial charge in [-0.05, 0) is 34.7 Å². The first kappa shape index (κ1) is 18.6. The zero-order chi connectivity index (χ0) is 19.3. The number of rotatable bonds is 7. The summed E-state index contributed by atoms with van der Waals surface area (Å²) in [5.41, 5.74) is 0.637. The fourth-order valence-electron chi connectivity index (χ4n) is 2.36. The predicted octanol–water partition coefficient (Wildman–Crippen LogP) is 1.74. The van der Waals surface area contributed by atoms with Crippen molar-refractivity contribution >= 4 is 21.4 Å². The number of benzene rings is 2. The lowest BCUT2D eigenvalue weighted by Gasteiger charge is -2.07. The third-order valence-corrected chi connectivity index (χ3v) is 5.20. The van der Waals surface area contributed by atoms with Crippen LogP contribution in [0.15, 0.2) is 54.6 Å². The number of halogens is 1. The SMILES string of the molecule is O=C(CCS(=O)(=O)Cc1nnnn1-c1ccccc1)Nc1ccccc1F. The highest BCUT2D eigenvalue weighted by molar-refractivity contribution is 7.90. The van der Waals surface area contributed by atoms with E-state index >= 15 is 0 Å². The highest BCUT2D eigenvalue weighted by Crippen LogP contribution is 2.14. The summed E-state index contributed by atoms with van der Waals surface area (Å²) in [4.78, 5) is 11.9. The molecule has 1 aromatic heterocycles. The van der Waals surface area contributed by atoms with E-state index in [0.29, 0.717) is 5.69 Å². The van der Waals surface area contributed by atoms with Crippen molar-refractivity contribution < 1.29 is 17.6 Å². The van der Waals surface area contributed by atoms with E-state index in [1.807, 2.05) is 6.07 Å². The molecule has 1 amide bonds. The fraction of sp³-hybridized carbons (Fsp3) is 0.176. The molecule has 0 bridgehead atoms. The molecule has 0 aliphatic heterocycles. The molecule has 8 nitrogen and oxygen atoms in total. The van der Waals surface area contributed by atoms with Crippen LogP contribution in [0.4, 0.5) is 10.1 Å². The van der Waals surface area contributed by atoms with Crippen LogP contribution in [0.2, 0.25) is 0 Å². The van der Waals surface area contributed by atoms with Gasteiger partial charge < -0.3 is 5.32 Å². The maximum atomic E-state index is 13.5. The summed E-state index contributed by atoms with van der Waals surface area (Å²) in [6, 6.07) is 14.5. The van der Waals surface area contributed by atoms with Crippen molar-refractivity contribution in [2.45, 2.75) is 12.2 Å². The van der Waals surface area contributed by atoms with Gasteiger partial charge in [0.1, 0.15) is 11.6 Å². The molecule has 0 unspecified atom stereocenters. The monoisotopic (exact) mass is 389 g/mol. The number of carbonyl (C=O) groups is 1. The number of nitrogens with zero attached hydrogens (tertiary/aromatic N) is 4. The maximum absolute atomic E-state index is 13.5. The minimum Gasteiger partial charge on any atom is -0.324 e. The second-order valence-corrected chi connectivity index (χ2v) is 7.90. The number of sulfone groups is 1. The zero-order valence-corrected chi connectivity index (χ0v) is 14.9. The van der Waals surface area contributed by atoms with Gasteiger partial charge in [-0.1, -0.05) is 30.3 Å². The lowest BCUT2D eigenvalue weighted by Crippen LogP contribution is -2.20. The second kappa shape index (κ2) is 8.04. The van der Waals surface area contributed by atoms with Crippen molar-refractivity contribution in [3.05, 3.63) is 66.2 Å². The Balaban J connectivity index is 1.62. The molecule has 0 aliphatic carbocycles. The molecule has 0 fully saturated rings. The van der Waals surface area contributed by atoms with Crippen molar-refractivity contribution in [1.82, 2.24) is 20.2 Å². The first-order valence-corrected chi connectivity index (χ1v) is 9.84. The van der Waals surface area contributed by atoms with Crippen LogP contribution in [-0.4, -0.2) is 40.3 Å². The van der Waals surface area contributed by atoms with Crippen LogP contribution >= 0.6 is 0 Å². The molecule has 0 atom stereocenters. The minimum absolute atomic E-state index is 0.00733. The Kier molecular flexibility index (Phi) is 5.55. The number of carbonyl (C=O) groups excluding carboxylic acids is 1. The number of anilines is 1. The number of tetrazole rings is 1. The largest absolute Gasteiger partial charge is 0.324 e. The van der Waals surface area contributed by atoms with Gasteiger partial charge in [-0.25, -0.2) is 12.8 Å². The second-order valence-electron chi connectivity index (χ2n) is 5.71. The Morgan fingerprint density at radius 1 is 1.07 bits per heavy atom. The molecule has 2 aromatic carbocycles. The minimum atomic E-state index is -3.65. The van der Waals surface area contributed by atoms with E-state index in [4.69, 9.17) is 0 Å². The number of nitrogens with one attached hydrogen (secondary N) is 1. The highest BCUT2D eigenvalue weighted by atomic mass is 32.2. The Bertz CT molecular complexity index is 1040. The summed E-state index contributed by atoms with van der Waals surface area (Å²) in [6.45, 7) is 0. The molecule has 140 valence electrons. The molecule has 0 aliphatic rings. The Labute approximate surface area is 154 Å². The number of hydrogen-bond acceptors (Lipinski definition) is 6. The molecule has 1 heterocycles. The first-order valence-electron chi connectivity index (χ1n) is 8.02. The standard InChI is InChI=1S/C17H16FN5O3S/c18-14-8-4-5-9-15(14)19-17(24)10-11-27(25,26)12-16-20-21-22-23(16)13-6-2-1-3-7-13/h1-9H,10-12H2,(H,19,24). The molecule has 0 saturated carbocycles. The van der Waals surface area contributed by atoms with Gasteiger partial charge in [-0.3, -0.25) is 4.79 Å². The number of amides is 1. The van der Waals surface area contributed by atoms with Crippen molar-refractivity contribution in [2.24, 2.45) is 0 Å². The van der Waals surface area contributed by atoms with E-state index in [2.05, 4.69) is 20.8 Å². The van der Waals surface area contributed by atoms with Gasteiger partial charge in [-0.15, -0.1) is 5.10 Å². The van der Waals surface area contributed by atoms with E-state index in [1.54, 1.807) is 30.3 Å². The van der Waals surface area contributed by atoms with Crippen LogP contribution in [-0.2, 0) is 20.4 Å². The third-order valence-electron chi connectivity index (χ3n) is 3.67. The van der Waals surface area contributed by atoms with Crippen LogP contribution in [0.25, 0.3) is 5.69 Å².